The van der Waals surface area contributed by atoms with Crippen LogP contribution in [0.2, 0.25) is 0 Å². The summed E-state index contributed by atoms with van der Waals surface area (Å²) in [6.07, 6.45) is 13.3. The normalized spacial score (nSPS) is 14.8. The maximum atomic E-state index is 9.86. The summed E-state index contributed by atoms with van der Waals surface area (Å²) in [7, 11) is 0. The molecule has 142 valence electrons. The number of hydrogen-bond donors (Lipinski definition) is 3. The number of nitrogens with zero attached hydrogens (tertiary/aromatic N) is 3. The fourth-order valence-electron chi connectivity index (χ4n) is 2.90. The van der Waals surface area contributed by atoms with Gasteiger partial charge in [-0.2, -0.15) is 0 Å². The molecule has 0 spiro atoms. The Morgan fingerprint density at radius 3 is 1.71 bits per heavy atom. The third-order valence-electron chi connectivity index (χ3n) is 4.53. The quantitative estimate of drug-likeness (QED) is 0.157. The minimum absolute atomic E-state index is 0.458. The van der Waals surface area contributed by atoms with E-state index in [1.54, 1.807) is 0 Å². The molecule has 3 N–H and O–H groups in total. The molecular formula is C18H37N3O3. The Hall–Kier alpha value is -0.810. The molecule has 24 heavy (non-hydrogen) atoms. The van der Waals surface area contributed by atoms with Crippen LogP contribution >= 0.6 is 0 Å². The Balaban J connectivity index is 3.47. The highest BCUT2D eigenvalue weighted by Crippen LogP contribution is 2.15. The first-order valence-electron chi connectivity index (χ1n) is 9.68. The third-order valence-corrected chi connectivity index (χ3v) is 4.53. The van der Waals surface area contributed by atoms with Crippen LogP contribution in [0.1, 0.15) is 90.4 Å². The van der Waals surface area contributed by atoms with Gasteiger partial charge in [0.05, 0.1) is 24.9 Å². The van der Waals surface area contributed by atoms with E-state index in [-0.39, 0.29) is 0 Å². The van der Waals surface area contributed by atoms with Crippen molar-refractivity contribution >= 4 is 0 Å². The number of hydrogen-bond acceptors (Lipinski definition) is 4. The van der Waals surface area contributed by atoms with E-state index in [1.165, 1.54) is 57.8 Å². The molecule has 3 atom stereocenters. The van der Waals surface area contributed by atoms with E-state index >= 15 is 0 Å². The minimum atomic E-state index is -1.20. The van der Waals surface area contributed by atoms with Crippen molar-refractivity contribution in [3.05, 3.63) is 10.4 Å². The van der Waals surface area contributed by atoms with E-state index < -0.39 is 24.9 Å². The number of aliphatic hydroxyl groups is 3. The number of azide groups is 1. The zero-order chi connectivity index (χ0) is 18.0. The van der Waals surface area contributed by atoms with E-state index in [2.05, 4.69) is 16.9 Å². The lowest BCUT2D eigenvalue weighted by Gasteiger charge is -2.21. The Bertz CT molecular complexity index is 323. The molecule has 0 heterocycles. The van der Waals surface area contributed by atoms with Crippen molar-refractivity contribution in [3.63, 3.8) is 0 Å². The van der Waals surface area contributed by atoms with Crippen LogP contribution in [0.15, 0.2) is 5.11 Å². The fourth-order valence-corrected chi connectivity index (χ4v) is 2.90. The van der Waals surface area contributed by atoms with Gasteiger partial charge in [0.1, 0.15) is 0 Å². The van der Waals surface area contributed by atoms with Gasteiger partial charge in [-0.3, -0.25) is 0 Å². The standard InChI is InChI=1S/C18H37N3O3/c1-2-3-4-5-6-7-8-9-10-11-12-13-14-17(23)18(24)16(15-22)20-21-19/h16-18,22-24H,2-15H2,1H3/t16-,17-,18-/m0/s1. The molecule has 0 aliphatic heterocycles. The summed E-state index contributed by atoms with van der Waals surface area (Å²) in [5, 5.41) is 32.0. The molecule has 0 aliphatic rings. The zero-order valence-corrected chi connectivity index (χ0v) is 15.3. The molecule has 0 saturated heterocycles. The maximum absolute atomic E-state index is 9.86. The molecule has 0 fully saturated rings. The zero-order valence-electron chi connectivity index (χ0n) is 15.3. The highest BCUT2D eigenvalue weighted by molar-refractivity contribution is 4.81. The highest BCUT2D eigenvalue weighted by Gasteiger charge is 2.24. The smallest absolute Gasteiger partial charge is 0.0905 e. The van der Waals surface area contributed by atoms with Gasteiger partial charge in [0.15, 0.2) is 0 Å². The number of unbranched alkanes of at least 4 members (excludes halogenated alkanes) is 11. The molecular weight excluding hydrogens is 306 g/mol. The van der Waals surface area contributed by atoms with E-state index in [1.807, 2.05) is 0 Å². The Morgan fingerprint density at radius 1 is 0.833 bits per heavy atom. The molecule has 6 heteroatoms. The van der Waals surface area contributed by atoms with Crippen molar-refractivity contribution in [3.8, 4) is 0 Å². The summed E-state index contributed by atoms with van der Waals surface area (Å²) in [5.74, 6) is 0. The van der Waals surface area contributed by atoms with Gasteiger partial charge in [-0.25, -0.2) is 0 Å². The Kier molecular flexibility index (Phi) is 16.5. The predicted octanol–water partition coefficient (Wildman–Crippen LogP) is 4.47. The third kappa shape index (κ3) is 12.6. The molecule has 0 aromatic rings. The fraction of sp³-hybridized carbons (Fsp3) is 1.00. The van der Waals surface area contributed by atoms with E-state index in [9.17, 15) is 10.2 Å². The summed E-state index contributed by atoms with van der Waals surface area (Å²) in [4.78, 5) is 2.57. The largest absolute Gasteiger partial charge is 0.396 e. The summed E-state index contributed by atoms with van der Waals surface area (Å²) in [5.41, 5.74) is 8.34. The molecule has 0 aliphatic carbocycles. The lowest BCUT2D eigenvalue weighted by molar-refractivity contribution is -0.0120. The van der Waals surface area contributed by atoms with Gasteiger partial charge in [0.2, 0.25) is 0 Å². The van der Waals surface area contributed by atoms with Crippen molar-refractivity contribution in [1.29, 1.82) is 0 Å². The second-order valence-corrected chi connectivity index (χ2v) is 6.69. The van der Waals surface area contributed by atoms with Crippen LogP contribution in [0.25, 0.3) is 10.4 Å². The summed E-state index contributed by atoms with van der Waals surface area (Å²) >= 11 is 0. The van der Waals surface area contributed by atoms with Crippen molar-refractivity contribution in [1.82, 2.24) is 0 Å². The van der Waals surface area contributed by atoms with Gasteiger partial charge in [-0.1, -0.05) is 89.1 Å². The number of aliphatic hydroxyl groups excluding tert-OH is 3. The van der Waals surface area contributed by atoms with Crippen LogP contribution in [0, 0.1) is 0 Å². The molecule has 0 bridgehead atoms. The van der Waals surface area contributed by atoms with Crippen molar-refractivity contribution < 1.29 is 15.3 Å². The molecule has 0 radical (unpaired) electrons. The minimum Gasteiger partial charge on any atom is -0.396 e. The first kappa shape index (κ1) is 23.2. The van der Waals surface area contributed by atoms with Crippen molar-refractivity contribution in [2.24, 2.45) is 5.11 Å². The second kappa shape index (κ2) is 17.0. The number of rotatable bonds is 17. The van der Waals surface area contributed by atoms with E-state index in [0.717, 1.165) is 19.3 Å². The summed E-state index contributed by atoms with van der Waals surface area (Å²) in [6.45, 7) is 1.78. The molecule has 0 amide bonds. The van der Waals surface area contributed by atoms with Crippen LogP contribution < -0.4 is 0 Å². The first-order valence-corrected chi connectivity index (χ1v) is 9.68. The lowest BCUT2D eigenvalue weighted by Crippen LogP contribution is -2.38. The highest BCUT2D eigenvalue weighted by atomic mass is 16.3. The van der Waals surface area contributed by atoms with Gasteiger partial charge < -0.3 is 15.3 Å². The van der Waals surface area contributed by atoms with Crippen LogP contribution in [0.5, 0.6) is 0 Å². The molecule has 6 nitrogen and oxygen atoms in total. The maximum Gasteiger partial charge on any atom is 0.0905 e. The van der Waals surface area contributed by atoms with Gasteiger partial charge in [0, 0.05) is 4.91 Å². The monoisotopic (exact) mass is 343 g/mol. The van der Waals surface area contributed by atoms with E-state index in [0.29, 0.717) is 6.42 Å². The molecule has 0 aromatic carbocycles. The van der Waals surface area contributed by atoms with Crippen LogP contribution in [0.4, 0.5) is 0 Å². The van der Waals surface area contributed by atoms with Gasteiger partial charge in [0.25, 0.3) is 0 Å². The topological polar surface area (TPSA) is 109 Å². The molecule has 0 aromatic heterocycles. The molecule has 0 rings (SSSR count). The molecule has 0 saturated carbocycles. The van der Waals surface area contributed by atoms with Crippen LogP contribution in [-0.4, -0.2) is 40.2 Å². The van der Waals surface area contributed by atoms with Gasteiger partial charge >= 0.3 is 0 Å². The second-order valence-electron chi connectivity index (χ2n) is 6.69. The van der Waals surface area contributed by atoms with Crippen LogP contribution in [0.3, 0.4) is 0 Å². The predicted molar refractivity (Wildman–Crippen MR) is 97.7 cm³/mol. The lowest BCUT2D eigenvalue weighted by atomic mass is 10.00. The summed E-state index contributed by atoms with van der Waals surface area (Å²) in [6, 6.07) is -0.970. The van der Waals surface area contributed by atoms with Gasteiger partial charge in [-0.05, 0) is 12.0 Å². The SMILES string of the molecule is CCCCCCCCCCCCCC[C@H](O)[C@@H](O)[C@H](CO)N=[N+]=[N-]. The Morgan fingerprint density at radius 2 is 1.29 bits per heavy atom. The summed E-state index contributed by atoms with van der Waals surface area (Å²) < 4.78 is 0. The van der Waals surface area contributed by atoms with E-state index in [4.69, 9.17) is 10.6 Å². The average Bonchev–Trinajstić information content (AvgIpc) is 2.59. The van der Waals surface area contributed by atoms with Crippen LogP contribution in [-0.2, 0) is 0 Å². The first-order chi connectivity index (χ1) is 11.7. The van der Waals surface area contributed by atoms with Crippen molar-refractivity contribution in [2.75, 3.05) is 6.61 Å². The van der Waals surface area contributed by atoms with Crippen molar-refractivity contribution in [2.45, 2.75) is 109 Å². The average molecular weight is 344 g/mol. The molecule has 0 unspecified atom stereocenters. The Labute approximate surface area is 146 Å². The van der Waals surface area contributed by atoms with Gasteiger partial charge in [-0.15, -0.1) is 0 Å².